The first-order valence-corrected chi connectivity index (χ1v) is 15.0. The van der Waals surface area contributed by atoms with E-state index in [1.807, 2.05) is 48.7 Å². The number of rotatable bonds is 8. The van der Waals surface area contributed by atoms with Crippen LogP contribution >= 0.6 is 0 Å². The summed E-state index contributed by atoms with van der Waals surface area (Å²) in [5.41, 5.74) is 1.27. The minimum absolute atomic E-state index is 0.0298. The van der Waals surface area contributed by atoms with Crippen molar-refractivity contribution in [3.8, 4) is 0 Å². The second-order valence-corrected chi connectivity index (χ2v) is 14.8. The standard InChI is InChI=1S/C30H35N3O2Si/c1-30(2,36(35,24-9-5-3-6-10-24)25-11-7-4-8-12-25)19-17-22-13-15-23(16-14-22)28(34)27-26-18-20-31-29(26)33-21-32-27/h3-12,18,20-23,35H,13-17,19H2,1-2H3,(H,31,32,33). The Kier molecular flexibility index (Phi) is 6.91. The Morgan fingerprint density at radius 1 is 0.944 bits per heavy atom. The highest BCUT2D eigenvalue weighted by molar-refractivity contribution is 6.98. The van der Waals surface area contributed by atoms with Crippen molar-refractivity contribution >= 4 is 35.5 Å². The first-order chi connectivity index (χ1) is 17.4. The van der Waals surface area contributed by atoms with Gasteiger partial charge in [-0.2, -0.15) is 0 Å². The number of Topliss-reactive ketones (excluding diaryl/α,β-unsaturated/α-hetero) is 1. The summed E-state index contributed by atoms with van der Waals surface area (Å²) in [6, 6.07) is 22.4. The zero-order chi connectivity index (χ0) is 25.2. The third kappa shape index (κ3) is 4.55. The van der Waals surface area contributed by atoms with Crippen LogP contribution in [0.2, 0.25) is 5.04 Å². The maximum Gasteiger partial charge on any atom is 0.258 e. The van der Waals surface area contributed by atoms with Gasteiger partial charge in [0.1, 0.15) is 17.7 Å². The summed E-state index contributed by atoms with van der Waals surface area (Å²) in [7, 11) is -2.98. The van der Waals surface area contributed by atoms with E-state index < -0.39 is 8.32 Å². The largest absolute Gasteiger partial charge is 0.424 e. The third-order valence-corrected chi connectivity index (χ3v) is 12.9. The predicted molar refractivity (Wildman–Crippen MR) is 147 cm³/mol. The van der Waals surface area contributed by atoms with Gasteiger partial charge in [0.15, 0.2) is 5.78 Å². The molecule has 0 unspecified atom stereocenters. The van der Waals surface area contributed by atoms with Gasteiger partial charge in [-0.15, -0.1) is 0 Å². The van der Waals surface area contributed by atoms with Gasteiger partial charge in [-0.05, 0) is 59.5 Å². The fraction of sp³-hybridized carbons (Fsp3) is 0.367. The molecule has 6 heteroatoms. The molecule has 0 atom stereocenters. The topological polar surface area (TPSA) is 78.9 Å². The van der Waals surface area contributed by atoms with Crippen LogP contribution in [0, 0.1) is 11.8 Å². The summed E-state index contributed by atoms with van der Waals surface area (Å²) >= 11 is 0. The van der Waals surface area contributed by atoms with Crippen molar-refractivity contribution in [2.75, 3.05) is 0 Å². The van der Waals surface area contributed by atoms with Crippen molar-refractivity contribution in [2.24, 2.45) is 11.8 Å². The van der Waals surface area contributed by atoms with E-state index in [-0.39, 0.29) is 16.7 Å². The summed E-state index contributed by atoms with van der Waals surface area (Å²) in [6.07, 6.45) is 9.21. The number of nitrogens with zero attached hydrogens (tertiary/aromatic N) is 2. The quantitative estimate of drug-likeness (QED) is 0.257. The summed E-state index contributed by atoms with van der Waals surface area (Å²) in [4.78, 5) is 37.3. The number of aromatic amines is 1. The van der Waals surface area contributed by atoms with E-state index in [0.29, 0.717) is 11.6 Å². The van der Waals surface area contributed by atoms with Crippen LogP contribution in [-0.2, 0) is 0 Å². The predicted octanol–water partition coefficient (Wildman–Crippen LogP) is 5.26. The van der Waals surface area contributed by atoms with Crippen molar-refractivity contribution in [3.05, 3.63) is 84.9 Å². The number of fused-ring (bicyclic) bond motifs is 1. The molecule has 1 aliphatic carbocycles. The maximum atomic E-state index is 13.2. The zero-order valence-corrected chi connectivity index (χ0v) is 22.2. The summed E-state index contributed by atoms with van der Waals surface area (Å²) in [6.45, 7) is 4.48. The van der Waals surface area contributed by atoms with E-state index in [1.54, 1.807) is 0 Å². The molecule has 5 rings (SSSR count). The van der Waals surface area contributed by atoms with Gasteiger partial charge in [-0.25, -0.2) is 9.97 Å². The monoisotopic (exact) mass is 497 g/mol. The van der Waals surface area contributed by atoms with Crippen LogP contribution in [0.15, 0.2) is 79.3 Å². The molecule has 1 fully saturated rings. The molecule has 0 aliphatic heterocycles. The number of carbonyl (C=O) groups excluding carboxylic acids is 1. The molecule has 2 aromatic heterocycles. The van der Waals surface area contributed by atoms with Crippen LogP contribution in [-0.4, -0.2) is 33.8 Å². The normalized spacial score (nSPS) is 18.9. The molecule has 0 radical (unpaired) electrons. The van der Waals surface area contributed by atoms with Crippen molar-refractivity contribution in [1.29, 1.82) is 0 Å². The highest BCUT2D eigenvalue weighted by Gasteiger charge is 2.49. The lowest BCUT2D eigenvalue weighted by molar-refractivity contribution is 0.0865. The minimum atomic E-state index is -2.98. The van der Waals surface area contributed by atoms with E-state index >= 15 is 0 Å². The molecule has 2 heterocycles. The highest BCUT2D eigenvalue weighted by Crippen LogP contribution is 2.43. The number of benzene rings is 2. The molecule has 1 aliphatic rings. The number of hydrogen-bond donors (Lipinski definition) is 2. The Hall–Kier alpha value is -3.09. The second kappa shape index (κ2) is 10.1. The average molecular weight is 498 g/mol. The molecule has 2 aromatic carbocycles. The number of H-pyrrole nitrogens is 1. The van der Waals surface area contributed by atoms with Gasteiger partial charge in [0, 0.05) is 17.5 Å². The van der Waals surface area contributed by atoms with Crippen LogP contribution in [0.5, 0.6) is 0 Å². The molecule has 186 valence electrons. The molecule has 36 heavy (non-hydrogen) atoms. The van der Waals surface area contributed by atoms with Crippen molar-refractivity contribution in [1.82, 2.24) is 15.0 Å². The van der Waals surface area contributed by atoms with Crippen LogP contribution in [0.3, 0.4) is 0 Å². The van der Waals surface area contributed by atoms with E-state index in [0.717, 1.165) is 59.9 Å². The van der Waals surface area contributed by atoms with E-state index in [4.69, 9.17) is 0 Å². The highest BCUT2D eigenvalue weighted by atomic mass is 28.4. The fourth-order valence-electron chi connectivity index (χ4n) is 6.03. The summed E-state index contributed by atoms with van der Waals surface area (Å²) < 4.78 is 0. The average Bonchev–Trinajstić information content (AvgIpc) is 3.41. The lowest BCUT2D eigenvalue weighted by atomic mass is 9.77. The molecule has 4 aromatic rings. The number of aromatic nitrogens is 3. The molecule has 1 saturated carbocycles. The summed E-state index contributed by atoms with van der Waals surface area (Å²) in [5.74, 6) is 0.758. The van der Waals surface area contributed by atoms with Crippen molar-refractivity contribution in [2.45, 2.75) is 57.4 Å². The Labute approximate surface area is 214 Å². The molecular formula is C30H35N3O2Si. The van der Waals surface area contributed by atoms with Gasteiger partial charge in [0.2, 0.25) is 0 Å². The van der Waals surface area contributed by atoms with Gasteiger partial charge < -0.3 is 9.78 Å². The molecule has 5 nitrogen and oxygen atoms in total. The number of ketones is 1. The molecule has 0 spiro atoms. The Bertz CT molecular complexity index is 1270. The Morgan fingerprint density at radius 3 is 2.17 bits per heavy atom. The first kappa shape index (κ1) is 24.6. The molecular weight excluding hydrogens is 462 g/mol. The lowest BCUT2D eigenvalue weighted by Crippen LogP contribution is -2.65. The fourth-order valence-corrected chi connectivity index (χ4v) is 9.78. The minimum Gasteiger partial charge on any atom is -0.424 e. The maximum absolute atomic E-state index is 13.2. The zero-order valence-electron chi connectivity index (χ0n) is 21.2. The van der Waals surface area contributed by atoms with Crippen molar-refractivity contribution < 1.29 is 9.59 Å². The Morgan fingerprint density at radius 2 is 1.56 bits per heavy atom. The smallest absolute Gasteiger partial charge is 0.258 e. The lowest BCUT2D eigenvalue weighted by Gasteiger charge is -2.42. The van der Waals surface area contributed by atoms with Crippen LogP contribution in [0.4, 0.5) is 0 Å². The van der Waals surface area contributed by atoms with Crippen molar-refractivity contribution in [3.63, 3.8) is 0 Å². The number of carbonyl (C=O) groups is 1. The molecule has 2 N–H and O–H groups in total. The van der Waals surface area contributed by atoms with Gasteiger partial charge >= 0.3 is 0 Å². The number of hydrogen-bond acceptors (Lipinski definition) is 4. The third-order valence-electron chi connectivity index (χ3n) is 8.35. The van der Waals surface area contributed by atoms with Crippen LogP contribution < -0.4 is 10.4 Å². The van der Waals surface area contributed by atoms with Gasteiger partial charge in [-0.3, -0.25) is 4.79 Å². The summed E-state index contributed by atoms with van der Waals surface area (Å²) in [5, 5.41) is 2.72. The second-order valence-electron chi connectivity index (χ2n) is 10.9. The van der Waals surface area contributed by atoms with Crippen LogP contribution in [0.25, 0.3) is 11.0 Å². The molecule has 0 bridgehead atoms. The molecule has 0 saturated heterocycles. The van der Waals surface area contributed by atoms with E-state index in [1.165, 1.54) is 6.33 Å². The van der Waals surface area contributed by atoms with E-state index in [2.05, 4.69) is 53.1 Å². The van der Waals surface area contributed by atoms with Gasteiger partial charge in [0.05, 0.1) is 0 Å². The SMILES string of the molecule is CC(C)(CCC1CCC(C(=O)c2ncnc3[nH]ccc23)CC1)[Si](O)(c1ccccc1)c1ccccc1. The van der Waals surface area contributed by atoms with Gasteiger partial charge in [-0.1, -0.05) is 80.9 Å². The van der Waals surface area contributed by atoms with Gasteiger partial charge in [0.25, 0.3) is 8.32 Å². The number of nitrogens with one attached hydrogen (secondary N) is 1. The first-order valence-electron chi connectivity index (χ1n) is 13.1. The van der Waals surface area contributed by atoms with Crippen LogP contribution in [0.1, 0.15) is 62.9 Å². The van der Waals surface area contributed by atoms with E-state index in [9.17, 15) is 9.59 Å². The Balaban J connectivity index is 1.26. The molecule has 0 amide bonds.